The molecule has 2 aliphatic rings. The number of piperazine rings is 1. The normalized spacial score (nSPS) is 20.6. The van der Waals surface area contributed by atoms with Gasteiger partial charge in [-0.1, -0.05) is 74.2 Å². The topological polar surface area (TPSA) is 56.4 Å². The molecular weight excluding hydrogens is 398 g/mol. The lowest BCUT2D eigenvalue weighted by Gasteiger charge is -2.47. The molecule has 0 aliphatic carbocycles. The first kappa shape index (κ1) is 20.8. The highest BCUT2D eigenvalue weighted by Gasteiger charge is 2.47. The minimum atomic E-state index is -0.444. The third kappa shape index (κ3) is 3.50. The van der Waals surface area contributed by atoms with E-state index in [4.69, 9.17) is 0 Å². The van der Waals surface area contributed by atoms with Crippen LogP contribution in [0, 0.1) is 6.92 Å². The number of aromatic amines is 1. The molecule has 1 saturated heterocycles. The lowest BCUT2D eigenvalue weighted by atomic mass is 9.86. The van der Waals surface area contributed by atoms with Crippen molar-refractivity contribution in [3.8, 4) is 0 Å². The predicted molar refractivity (Wildman–Crippen MR) is 126 cm³/mol. The molecular formula is C27H31N3O2. The molecule has 1 N–H and O–H groups in total. The maximum Gasteiger partial charge on any atom is 0.246 e. The molecule has 2 aromatic carbocycles. The Hall–Kier alpha value is -3.08. The number of para-hydroxylation sites is 1. The number of nitrogens with one attached hydrogen (secondary N) is 1. The summed E-state index contributed by atoms with van der Waals surface area (Å²) in [6.45, 7) is 5.09. The Morgan fingerprint density at radius 3 is 2.56 bits per heavy atom. The van der Waals surface area contributed by atoms with E-state index in [1.807, 2.05) is 17.0 Å². The van der Waals surface area contributed by atoms with Gasteiger partial charge in [0.15, 0.2) is 0 Å². The van der Waals surface area contributed by atoms with Crippen LogP contribution >= 0.6 is 0 Å². The van der Waals surface area contributed by atoms with Gasteiger partial charge >= 0.3 is 0 Å². The van der Waals surface area contributed by atoms with Crippen LogP contribution in [-0.2, 0) is 16.0 Å². The fourth-order valence-corrected chi connectivity index (χ4v) is 5.34. The molecule has 5 nitrogen and oxygen atoms in total. The molecule has 0 radical (unpaired) electrons. The Bertz CT molecular complexity index is 1150. The quantitative estimate of drug-likeness (QED) is 0.576. The number of unbranched alkanes of at least 4 members (excludes halogenated alkanes) is 3. The van der Waals surface area contributed by atoms with E-state index in [1.54, 1.807) is 4.90 Å². The van der Waals surface area contributed by atoms with Crippen molar-refractivity contribution >= 4 is 22.7 Å². The molecule has 2 aliphatic heterocycles. The molecule has 3 heterocycles. The van der Waals surface area contributed by atoms with Crippen molar-refractivity contribution in [2.24, 2.45) is 0 Å². The van der Waals surface area contributed by atoms with Crippen LogP contribution in [0.4, 0.5) is 0 Å². The van der Waals surface area contributed by atoms with Gasteiger partial charge in [0.25, 0.3) is 0 Å². The molecule has 0 bridgehead atoms. The van der Waals surface area contributed by atoms with Crippen molar-refractivity contribution in [3.63, 3.8) is 0 Å². The molecule has 1 unspecified atom stereocenters. The molecule has 5 rings (SSSR count). The van der Waals surface area contributed by atoms with Gasteiger partial charge in [-0.3, -0.25) is 9.59 Å². The van der Waals surface area contributed by atoms with E-state index in [2.05, 4.69) is 55.2 Å². The number of carbonyl (C=O) groups excluding carboxylic acids is 2. The minimum absolute atomic E-state index is 0.0416. The van der Waals surface area contributed by atoms with E-state index < -0.39 is 6.04 Å². The van der Waals surface area contributed by atoms with Gasteiger partial charge in [-0.2, -0.15) is 0 Å². The van der Waals surface area contributed by atoms with Crippen molar-refractivity contribution in [2.45, 2.75) is 58.0 Å². The Balaban J connectivity index is 1.56. The third-order valence-corrected chi connectivity index (χ3v) is 7.02. The standard InChI is InChI=1S/C27H31N3O2/c1-3-4-5-8-15-29-17-24(31)30-23(27(29)32)16-21-20-9-6-7-10-22(20)28-25(21)26(30)19-13-11-18(2)12-14-19/h6-7,9-14,23,26,28H,3-5,8,15-17H2,1-2H3/t23-,26?/m0/s1. The first-order chi connectivity index (χ1) is 15.6. The highest BCUT2D eigenvalue weighted by molar-refractivity contribution is 5.97. The molecule has 0 spiro atoms. The smallest absolute Gasteiger partial charge is 0.246 e. The van der Waals surface area contributed by atoms with Crippen LogP contribution in [-0.4, -0.2) is 45.7 Å². The van der Waals surface area contributed by atoms with Gasteiger partial charge in [0.1, 0.15) is 6.04 Å². The summed E-state index contributed by atoms with van der Waals surface area (Å²) in [6.07, 6.45) is 4.95. The summed E-state index contributed by atoms with van der Waals surface area (Å²) in [4.78, 5) is 34.3. The number of benzene rings is 2. The van der Waals surface area contributed by atoms with Crippen molar-refractivity contribution < 1.29 is 9.59 Å². The van der Waals surface area contributed by atoms with E-state index in [-0.39, 0.29) is 24.4 Å². The zero-order chi connectivity index (χ0) is 22.2. The summed E-state index contributed by atoms with van der Waals surface area (Å²) in [5.41, 5.74) is 5.50. The van der Waals surface area contributed by atoms with Crippen LogP contribution in [0.25, 0.3) is 10.9 Å². The number of nitrogens with zero attached hydrogens (tertiary/aromatic N) is 2. The third-order valence-electron chi connectivity index (χ3n) is 7.02. The van der Waals surface area contributed by atoms with E-state index in [0.717, 1.165) is 41.4 Å². The second kappa shape index (κ2) is 8.45. The number of aromatic nitrogens is 1. The average molecular weight is 430 g/mol. The van der Waals surface area contributed by atoms with Crippen LogP contribution in [0.15, 0.2) is 48.5 Å². The first-order valence-electron chi connectivity index (χ1n) is 11.8. The van der Waals surface area contributed by atoms with Gasteiger partial charge < -0.3 is 14.8 Å². The maximum atomic E-state index is 13.6. The van der Waals surface area contributed by atoms with Crippen LogP contribution in [0.2, 0.25) is 0 Å². The van der Waals surface area contributed by atoms with Crippen molar-refractivity contribution in [1.29, 1.82) is 0 Å². The summed E-state index contributed by atoms with van der Waals surface area (Å²) in [6, 6.07) is 15.9. The second-order valence-corrected chi connectivity index (χ2v) is 9.22. The van der Waals surface area contributed by atoms with Gasteiger partial charge in [0.05, 0.1) is 12.6 Å². The fourth-order valence-electron chi connectivity index (χ4n) is 5.34. The van der Waals surface area contributed by atoms with Crippen molar-refractivity contribution in [3.05, 3.63) is 70.9 Å². The Kier molecular flexibility index (Phi) is 5.50. The minimum Gasteiger partial charge on any atom is -0.356 e. The number of hydrogen-bond acceptors (Lipinski definition) is 2. The van der Waals surface area contributed by atoms with Crippen LogP contribution in [0.5, 0.6) is 0 Å². The van der Waals surface area contributed by atoms with Gasteiger partial charge in [-0.25, -0.2) is 0 Å². The van der Waals surface area contributed by atoms with Crippen molar-refractivity contribution in [2.75, 3.05) is 13.1 Å². The molecule has 1 fully saturated rings. The zero-order valence-corrected chi connectivity index (χ0v) is 18.9. The Labute approximate surface area is 189 Å². The zero-order valence-electron chi connectivity index (χ0n) is 18.9. The van der Waals surface area contributed by atoms with Crippen LogP contribution in [0.3, 0.4) is 0 Å². The fraction of sp³-hybridized carbons (Fsp3) is 0.407. The molecule has 1 aromatic heterocycles. The lowest BCUT2D eigenvalue weighted by Crippen LogP contribution is -2.63. The molecule has 2 atom stereocenters. The molecule has 32 heavy (non-hydrogen) atoms. The van der Waals surface area contributed by atoms with Gasteiger partial charge in [0, 0.05) is 29.6 Å². The highest BCUT2D eigenvalue weighted by atomic mass is 16.2. The predicted octanol–water partition coefficient (Wildman–Crippen LogP) is 4.74. The van der Waals surface area contributed by atoms with Gasteiger partial charge in [-0.05, 0) is 30.5 Å². The summed E-state index contributed by atoms with van der Waals surface area (Å²) < 4.78 is 0. The lowest BCUT2D eigenvalue weighted by molar-refractivity contribution is -0.158. The van der Waals surface area contributed by atoms with E-state index in [0.29, 0.717) is 13.0 Å². The summed E-state index contributed by atoms with van der Waals surface area (Å²) in [7, 11) is 0. The molecule has 3 aromatic rings. The highest BCUT2D eigenvalue weighted by Crippen LogP contribution is 2.42. The van der Waals surface area contributed by atoms with Crippen molar-refractivity contribution in [1.82, 2.24) is 14.8 Å². The van der Waals surface area contributed by atoms with E-state index in [9.17, 15) is 9.59 Å². The van der Waals surface area contributed by atoms with E-state index >= 15 is 0 Å². The monoisotopic (exact) mass is 429 g/mol. The second-order valence-electron chi connectivity index (χ2n) is 9.22. The first-order valence-corrected chi connectivity index (χ1v) is 11.8. The van der Waals surface area contributed by atoms with Crippen LogP contribution in [0.1, 0.15) is 61.0 Å². The number of hydrogen-bond donors (Lipinski definition) is 1. The number of carbonyl (C=O) groups is 2. The number of fused-ring (bicyclic) bond motifs is 4. The maximum absolute atomic E-state index is 13.6. The molecule has 2 amide bonds. The summed E-state index contributed by atoms with van der Waals surface area (Å²) in [5.74, 6) is 0.133. The van der Waals surface area contributed by atoms with Crippen LogP contribution < -0.4 is 0 Å². The Morgan fingerprint density at radius 2 is 1.78 bits per heavy atom. The molecule has 0 saturated carbocycles. The summed E-state index contributed by atoms with van der Waals surface area (Å²) >= 11 is 0. The van der Waals surface area contributed by atoms with Gasteiger partial charge in [0.2, 0.25) is 11.8 Å². The molecule has 5 heteroatoms. The average Bonchev–Trinajstić information content (AvgIpc) is 3.17. The number of rotatable bonds is 6. The Morgan fingerprint density at radius 1 is 1.00 bits per heavy atom. The summed E-state index contributed by atoms with van der Waals surface area (Å²) in [5, 5.41) is 1.15. The van der Waals surface area contributed by atoms with Gasteiger partial charge in [-0.15, -0.1) is 0 Å². The number of H-pyrrole nitrogens is 1. The largest absolute Gasteiger partial charge is 0.356 e. The van der Waals surface area contributed by atoms with E-state index in [1.165, 1.54) is 17.5 Å². The number of amides is 2. The number of aryl methyl sites for hydroxylation is 1. The molecule has 166 valence electrons. The SMILES string of the molecule is CCCCCCN1CC(=O)N2C(c3ccc(C)cc3)c3[nH]c4ccccc4c3C[C@H]2C1=O.